The Morgan fingerprint density at radius 1 is 1.06 bits per heavy atom. The number of benzene rings is 2. The summed E-state index contributed by atoms with van der Waals surface area (Å²) >= 11 is 0. The number of aromatic nitrogens is 2. The van der Waals surface area contributed by atoms with Crippen LogP contribution in [0.15, 0.2) is 60.9 Å². The number of hydrogen-bond acceptors (Lipinski definition) is 2. The van der Waals surface area contributed by atoms with E-state index in [1.807, 2.05) is 42.6 Å². The molecule has 0 saturated carbocycles. The summed E-state index contributed by atoms with van der Waals surface area (Å²) in [5, 5.41) is 16.6. The molecule has 0 saturated heterocycles. The Kier molecular flexibility index (Phi) is 2.82. The maximum Gasteiger partial charge on any atom is 0.0986 e. The highest BCUT2D eigenvalue weighted by Crippen LogP contribution is 2.21. The average molecular weight is 238 g/mol. The van der Waals surface area contributed by atoms with Gasteiger partial charge in [0.05, 0.1) is 12.6 Å². The van der Waals surface area contributed by atoms with Gasteiger partial charge in [0.15, 0.2) is 0 Å². The molecule has 1 heterocycles. The highest BCUT2D eigenvalue weighted by Gasteiger charge is 2.08. The van der Waals surface area contributed by atoms with E-state index in [-0.39, 0.29) is 0 Å². The molecule has 0 fully saturated rings. The normalized spacial score (nSPS) is 12.7. The predicted molar refractivity (Wildman–Crippen MR) is 71.1 cm³/mol. The second-order valence-electron chi connectivity index (χ2n) is 4.35. The summed E-state index contributed by atoms with van der Waals surface area (Å²) in [5.41, 5.74) is 0.921. The van der Waals surface area contributed by atoms with E-state index in [2.05, 4.69) is 17.2 Å². The molecule has 1 unspecified atom stereocenters. The molecule has 0 spiro atoms. The van der Waals surface area contributed by atoms with Crippen LogP contribution in [-0.2, 0) is 6.54 Å². The summed E-state index contributed by atoms with van der Waals surface area (Å²) in [6.07, 6.45) is 3.03. The van der Waals surface area contributed by atoms with Crippen LogP contribution < -0.4 is 0 Å². The largest absolute Gasteiger partial charge is 0.386 e. The van der Waals surface area contributed by atoms with Gasteiger partial charge in [0.25, 0.3) is 0 Å². The fraction of sp³-hybridized carbons (Fsp3) is 0.133. The minimum absolute atomic E-state index is 0.478. The van der Waals surface area contributed by atoms with Gasteiger partial charge in [-0.1, -0.05) is 36.4 Å². The van der Waals surface area contributed by atoms with Crippen LogP contribution in [0.3, 0.4) is 0 Å². The zero-order valence-corrected chi connectivity index (χ0v) is 9.90. The summed E-state index contributed by atoms with van der Waals surface area (Å²) in [6, 6.07) is 16.0. The third-order valence-corrected chi connectivity index (χ3v) is 3.08. The Labute approximate surface area is 105 Å². The first-order valence-electron chi connectivity index (χ1n) is 5.97. The maximum atomic E-state index is 10.2. The van der Waals surface area contributed by atoms with Crippen LogP contribution in [0.25, 0.3) is 10.8 Å². The van der Waals surface area contributed by atoms with Gasteiger partial charge in [0.1, 0.15) is 0 Å². The lowest BCUT2D eigenvalue weighted by molar-refractivity contribution is 0.151. The van der Waals surface area contributed by atoms with E-state index < -0.39 is 6.10 Å². The van der Waals surface area contributed by atoms with Crippen LogP contribution in [0.4, 0.5) is 0 Å². The molecule has 0 radical (unpaired) electrons. The van der Waals surface area contributed by atoms with Crippen LogP contribution in [-0.4, -0.2) is 14.9 Å². The number of fused-ring (bicyclic) bond motifs is 1. The summed E-state index contributed by atoms with van der Waals surface area (Å²) < 4.78 is 1.74. The van der Waals surface area contributed by atoms with E-state index in [1.165, 1.54) is 5.39 Å². The SMILES string of the molecule is OC(Cn1cccn1)c1ccc2ccccc2c1. The fourth-order valence-corrected chi connectivity index (χ4v) is 2.11. The molecule has 3 heteroatoms. The third-order valence-electron chi connectivity index (χ3n) is 3.08. The molecule has 3 aromatic rings. The van der Waals surface area contributed by atoms with Crippen molar-refractivity contribution in [2.75, 3.05) is 0 Å². The van der Waals surface area contributed by atoms with Gasteiger partial charge in [-0.05, 0) is 28.5 Å². The molecule has 0 aliphatic rings. The molecule has 18 heavy (non-hydrogen) atoms. The van der Waals surface area contributed by atoms with Gasteiger partial charge in [0, 0.05) is 12.4 Å². The minimum Gasteiger partial charge on any atom is -0.386 e. The summed E-state index contributed by atoms with van der Waals surface area (Å²) in [4.78, 5) is 0. The predicted octanol–water partition coefficient (Wildman–Crippen LogP) is 2.77. The third kappa shape index (κ3) is 2.13. The van der Waals surface area contributed by atoms with Crippen LogP contribution in [0.2, 0.25) is 0 Å². The van der Waals surface area contributed by atoms with Crippen LogP contribution in [0.5, 0.6) is 0 Å². The van der Waals surface area contributed by atoms with Gasteiger partial charge in [0.2, 0.25) is 0 Å². The van der Waals surface area contributed by atoms with E-state index in [9.17, 15) is 5.11 Å². The highest BCUT2D eigenvalue weighted by atomic mass is 16.3. The molecule has 0 amide bonds. The Balaban J connectivity index is 1.89. The van der Waals surface area contributed by atoms with Gasteiger partial charge < -0.3 is 5.11 Å². The first-order valence-corrected chi connectivity index (χ1v) is 5.97. The number of rotatable bonds is 3. The first kappa shape index (κ1) is 11.0. The number of nitrogens with zero attached hydrogens (tertiary/aromatic N) is 2. The van der Waals surface area contributed by atoms with Crippen molar-refractivity contribution in [2.45, 2.75) is 12.6 Å². The topological polar surface area (TPSA) is 38.0 Å². The van der Waals surface area contributed by atoms with Crippen LogP contribution in [0.1, 0.15) is 11.7 Å². The molecule has 3 nitrogen and oxygen atoms in total. The van der Waals surface area contributed by atoms with Crippen molar-refractivity contribution in [3.8, 4) is 0 Å². The molecule has 1 aromatic heterocycles. The average Bonchev–Trinajstić information content (AvgIpc) is 2.91. The van der Waals surface area contributed by atoms with Gasteiger partial charge in [-0.15, -0.1) is 0 Å². The molecule has 0 bridgehead atoms. The number of hydrogen-bond donors (Lipinski definition) is 1. The lowest BCUT2D eigenvalue weighted by atomic mass is 10.0. The van der Waals surface area contributed by atoms with Gasteiger partial charge in [-0.25, -0.2) is 0 Å². The van der Waals surface area contributed by atoms with Crippen LogP contribution >= 0.6 is 0 Å². The Morgan fingerprint density at radius 2 is 1.89 bits per heavy atom. The smallest absolute Gasteiger partial charge is 0.0986 e. The maximum absolute atomic E-state index is 10.2. The molecular formula is C15H14N2O. The van der Waals surface area contributed by atoms with Crippen molar-refractivity contribution in [3.05, 3.63) is 66.5 Å². The van der Waals surface area contributed by atoms with Crippen molar-refractivity contribution in [1.29, 1.82) is 0 Å². The molecule has 90 valence electrons. The number of aliphatic hydroxyl groups excluding tert-OH is 1. The molecule has 1 N–H and O–H groups in total. The van der Waals surface area contributed by atoms with Crippen molar-refractivity contribution in [2.24, 2.45) is 0 Å². The Morgan fingerprint density at radius 3 is 2.67 bits per heavy atom. The zero-order chi connectivity index (χ0) is 12.4. The fourth-order valence-electron chi connectivity index (χ4n) is 2.11. The summed E-state index contributed by atoms with van der Waals surface area (Å²) in [6.45, 7) is 0.478. The summed E-state index contributed by atoms with van der Waals surface area (Å²) in [7, 11) is 0. The second-order valence-corrected chi connectivity index (χ2v) is 4.35. The van der Waals surface area contributed by atoms with Crippen LogP contribution in [0, 0.1) is 0 Å². The molecular weight excluding hydrogens is 224 g/mol. The summed E-state index contributed by atoms with van der Waals surface area (Å²) in [5.74, 6) is 0. The highest BCUT2D eigenvalue weighted by molar-refractivity contribution is 5.83. The molecule has 2 aromatic carbocycles. The molecule has 0 aliphatic heterocycles. The second kappa shape index (κ2) is 4.63. The Bertz CT molecular complexity index is 646. The van der Waals surface area contributed by atoms with E-state index in [1.54, 1.807) is 10.9 Å². The number of aliphatic hydroxyl groups is 1. The van der Waals surface area contributed by atoms with Gasteiger partial charge in [-0.2, -0.15) is 5.10 Å². The van der Waals surface area contributed by atoms with Crippen molar-refractivity contribution in [1.82, 2.24) is 9.78 Å². The lowest BCUT2D eigenvalue weighted by Gasteiger charge is -2.12. The standard InChI is InChI=1S/C15H14N2O/c18-15(11-17-9-3-8-16-17)14-7-6-12-4-1-2-5-13(12)10-14/h1-10,15,18H,11H2. The Hall–Kier alpha value is -2.13. The minimum atomic E-state index is -0.533. The van der Waals surface area contributed by atoms with Crippen molar-refractivity contribution < 1.29 is 5.11 Å². The van der Waals surface area contributed by atoms with E-state index in [0.717, 1.165) is 10.9 Å². The monoisotopic (exact) mass is 238 g/mol. The zero-order valence-electron chi connectivity index (χ0n) is 9.90. The van der Waals surface area contributed by atoms with E-state index >= 15 is 0 Å². The molecule has 1 atom stereocenters. The quantitative estimate of drug-likeness (QED) is 0.762. The molecule has 3 rings (SSSR count). The van der Waals surface area contributed by atoms with Gasteiger partial charge >= 0.3 is 0 Å². The first-order chi connectivity index (χ1) is 8.83. The molecule has 0 aliphatic carbocycles. The van der Waals surface area contributed by atoms with E-state index in [4.69, 9.17) is 0 Å². The van der Waals surface area contributed by atoms with E-state index in [0.29, 0.717) is 6.54 Å². The van der Waals surface area contributed by atoms with Gasteiger partial charge in [-0.3, -0.25) is 4.68 Å². The lowest BCUT2D eigenvalue weighted by Crippen LogP contribution is -2.08. The van der Waals surface area contributed by atoms with Crippen molar-refractivity contribution >= 4 is 10.8 Å². The van der Waals surface area contributed by atoms with Crippen molar-refractivity contribution in [3.63, 3.8) is 0 Å².